The average Bonchev–Trinajstić information content (AvgIpc) is 3.60. The van der Waals surface area contributed by atoms with Gasteiger partial charge in [0.15, 0.2) is 11.5 Å². The summed E-state index contributed by atoms with van der Waals surface area (Å²) in [5.74, 6) is 2.03. The normalized spacial score (nSPS) is 19.5. The maximum absolute atomic E-state index is 13.7. The fraction of sp³-hybridized carbons (Fsp3) is 0.733. The number of nitrogens with zero attached hydrogens (tertiary/aromatic N) is 2. The van der Waals surface area contributed by atoms with Crippen molar-refractivity contribution in [2.75, 3.05) is 53.6 Å². The van der Waals surface area contributed by atoms with Gasteiger partial charge in [-0.1, -0.05) is 20.8 Å². The van der Waals surface area contributed by atoms with Gasteiger partial charge in [-0.2, -0.15) is 0 Å². The van der Waals surface area contributed by atoms with Crippen LogP contribution in [0.15, 0.2) is 18.2 Å². The molecule has 38 heavy (non-hydrogen) atoms. The van der Waals surface area contributed by atoms with Crippen LogP contribution in [0.2, 0.25) is 0 Å². The van der Waals surface area contributed by atoms with E-state index in [9.17, 15) is 9.59 Å². The highest BCUT2D eigenvalue weighted by Gasteiger charge is 2.39. The molecule has 1 aliphatic carbocycles. The summed E-state index contributed by atoms with van der Waals surface area (Å²) in [6.07, 6.45) is 3.52. The second kappa shape index (κ2) is 13.7. The molecule has 1 N–H and O–H groups in total. The third-order valence-corrected chi connectivity index (χ3v) is 7.38. The molecular weight excluding hydrogens is 482 g/mol. The van der Waals surface area contributed by atoms with Gasteiger partial charge >= 0.3 is 0 Å². The number of carbonyl (C=O) groups is 2. The third-order valence-electron chi connectivity index (χ3n) is 7.38. The van der Waals surface area contributed by atoms with Gasteiger partial charge in [-0.25, -0.2) is 0 Å². The van der Waals surface area contributed by atoms with E-state index in [1.165, 1.54) is 0 Å². The summed E-state index contributed by atoms with van der Waals surface area (Å²) in [5, 5.41) is 3.53. The van der Waals surface area contributed by atoms with Gasteiger partial charge in [0, 0.05) is 70.4 Å². The Bertz CT molecular complexity index is 925. The highest BCUT2D eigenvalue weighted by Crippen LogP contribution is 2.33. The Morgan fingerprint density at radius 1 is 1.03 bits per heavy atom. The Morgan fingerprint density at radius 3 is 2.29 bits per heavy atom. The van der Waals surface area contributed by atoms with Crippen LogP contribution < -0.4 is 14.8 Å². The molecule has 2 amide bonds. The molecule has 1 aromatic rings. The smallest absolute Gasteiger partial charge is 0.254 e. The van der Waals surface area contributed by atoms with Crippen LogP contribution in [0.4, 0.5) is 0 Å². The highest BCUT2D eigenvalue weighted by molar-refractivity contribution is 5.95. The van der Waals surface area contributed by atoms with Crippen molar-refractivity contribution in [2.24, 2.45) is 17.3 Å². The van der Waals surface area contributed by atoms with E-state index in [1.807, 2.05) is 11.0 Å². The average molecular weight is 532 g/mol. The van der Waals surface area contributed by atoms with Gasteiger partial charge in [0.2, 0.25) is 5.91 Å². The molecule has 2 atom stereocenters. The number of benzene rings is 1. The summed E-state index contributed by atoms with van der Waals surface area (Å²) in [6.45, 7) is 14.7. The molecule has 0 radical (unpaired) electrons. The van der Waals surface area contributed by atoms with Gasteiger partial charge in [0.05, 0.1) is 13.7 Å². The molecule has 0 bridgehead atoms. The zero-order valence-corrected chi connectivity index (χ0v) is 24.5. The van der Waals surface area contributed by atoms with Crippen molar-refractivity contribution in [1.29, 1.82) is 0 Å². The molecule has 1 saturated heterocycles. The first-order valence-corrected chi connectivity index (χ1v) is 14.1. The standard InChI is InChI=1S/C30H49N3O5/c1-21(2)32(29(35)22-9-12-26(37-7)27(15-22)38-14-8-13-36-6)19-23-17-31-18-24(23)20-33(25-10-11-25)28(34)16-30(3,4)5/h9,12,15,21,23-25,31H,8,10-11,13-14,16-20H2,1-7H3. The molecule has 2 aliphatic rings. The minimum atomic E-state index is -0.0247. The van der Waals surface area contributed by atoms with Crippen LogP contribution in [0.3, 0.4) is 0 Å². The van der Waals surface area contributed by atoms with E-state index >= 15 is 0 Å². The molecule has 1 saturated carbocycles. The van der Waals surface area contributed by atoms with Crippen molar-refractivity contribution >= 4 is 11.8 Å². The third kappa shape index (κ3) is 8.60. The van der Waals surface area contributed by atoms with E-state index in [-0.39, 0.29) is 29.2 Å². The lowest BCUT2D eigenvalue weighted by atomic mass is 9.90. The second-order valence-corrected chi connectivity index (χ2v) is 12.3. The van der Waals surface area contributed by atoms with Crippen LogP contribution in [0.5, 0.6) is 11.5 Å². The number of rotatable bonds is 14. The summed E-state index contributed by atoms with van der Waals surface area (Å²) in [4.78, 5) is 31.0. The predicted octanol–water partition coefficient (Wildman–Crippen LogP) is 4.22. The van der Waals surface area contributed by atoms with Crippen molar-refractivity contribution in [3.8, 4) is 11.5 Å². The van der Waals surface area contributed by atoms with Crippen molar-refractivity contribution in [2.45, 2.75) is 72.4 Å². The maximum atomic E-state index is 13.7. The van der Waals surface area contributed by atoms with Crippen LogP contribution in [0, 0.1) is 17.3 Å². The summed E-state index contributed by atoms with van der Waals surface area (Å²) >= 11 is 0. The Kier molecular flexibility index (Phi) is 10.9. The Hall–Kier alpha value is -2.32. The molecule has 8 nitrogen and oxygen atoms in total. The molecule has 214 valence electrons. The van der Waals surface area contributed by atoms with E-state index in [4.69, 9.17) is 14.2 Å². The Morgan fingerprint density at radius 2 is 1.71 bits per heavy atom. The largest absolute Gasteiger partial charge is 0.493 e. The van der Waals surface area contributed by atoms with Crippen LogP contribution in [0.1, 0.15) is 70.7 Å². The Balaban J connectivity index is 1.70. The van der Waals surface area contributed by atoms with Crippen molar-refractivity contribution < 1.29 is 23.8 Å². The van der Waals surface area contributed by atoms with Crippen LogP contribution in [-0.4, -0.2) is 87.3 Å². The van der Waals surface area contributed by atoms with E-state index in [0.717, 1.165) is 38.9 Å². The molecule has 0 aromatic heterocycles. The van der Waals surface area contributed by atoms with Crippen molar-refractivity contribution in [3.63, 3.8) is 0 Å². The van der Waals surface area contributed by atoms with Gasteiger partial charge in [-0.05, 0) is 62.1 Å². The first-order valence-electron chi connectivity index (χ1n) is 14.1. The Labute approximate surface area is 229 Å². The number of hydrogen-bond donors (Lipinski definition) is 1. The van der Waals surface area contributed by atoms with Crippen LogP contribution in [-0.2, 0) is 9.53 Å². The lowest BCUT2D eigenvalue weighted by molar-refractivity contribution is -0.134. The lowest BCUT2D eigenvalue weighted by Gasteiger charge is -2.34. The molecule has 3 rings (SSSR count). The summed E-state index contributed by atoms with van der Waals surface area (Å²) in [5.41, 5.74) is 0.562. The van der Waals surface area contributed by atoms with Crippen molar-refractivity contribution in [1.82, 2.24) is 15.1 Å². The van der Waals surface area contributed by atoms with Gasteiger partial charge in [-0.3, -0.25) is 9.59 Å². The fourth-order valence-electron chi connectivity index (χ4n) is 5.12. The number of hydrogen-bond acceptors (Lipinski definition) is 6. The monoisotopic (exact) mass is 531 g/mol. The van der Waals surface area contributed by atoms with Crippen LogP contribution in [0.25, 0.3) is 0 Å². The zero-order valence-electron chi connectivity index (χ0n) is 24.5. The molecular formula is C30H49N3O5. The molecule has 1 aromatic carbocycles. The van der Waals surface area contributed by atoms with E-state index in [2.05, 4.69) is 44.8 Å². The first-order chi connectivity index (χ1) is 18.0. The molecule has 2 unspecified atom stereocenters. The van der Waals surface area contributed by atoms with Gasteiger partial charge < -0.3 is 29.3 Å². The van der Waals surface area contributed by atoms with Crippen LogP contribution >= 0.6 is 0 Å². The number of amides is 2. The first kappa shape index (κ1) is 30.2. The molecule has 0 spiro atoms. The second-order valence-electron chi connectivity index (χ2n) is 12.3. The molecule has 1 heterocycles. The minimum Gasteiger partial charge on any atom is -0.493 e. The maximum Gasteiger partial charge on any atom is 0.254 e. The van der Waals surface area contributed by atoms with Gasteiger partial charge in [0.25, 0.3) is 5.91 Å². The lowest BCUT2D eigenvalue weighted by Crippen LogP contribution is -2.45. The number of methoxy groups -OCH3 is 2. The summed E-state index contributed by atoms with van der Waals surface area (Å²) in [7, 11) is 3.27. The minimum absolute atomic E-state index is 0.0158. The molecule has 8 heteroatoms. The topological polar surface area (TPSA) is 80.3 Å². The van der Waals surface area contributed by atoms with Crippen molar-refractivity contribution in [3.05, 3.63) is 23.8 Å². The number of ether oxygens (including phenoxy) is 3. The molecule has 1 aliphatic heterocycles. The van der Waals surface area contributed by atoms with E-state index in [0.29, 0.717) is 55.2 Å². The quantitative estimate of drug-likeness (QED) is 0.362. The number of nitrogens with one attached hydrogen (secondary N) is 1. The van der Waals surface area contributed by atoms with Gasteiger partial charge in [-0.15, -0.1) is 0 Å². The number of carbonyl (C=O) groups excluding carboxylic acids is 2. The van der Waals surface area contributed by atoms with Gasteiger partial charge in [0.1, 0.15) is 0 Å². The summed E-state index contributed by atoms with van der Waals surface area (Å²) < 4.78 is 16.5. The predicted molar refractivity (Wildman–Crippen MR) is 150 cm³/mol. The van der Waals surface area contributed by atoms with E-state index < -0.39 is 0 Å². The highest BCUT2D eigenvalue weighted by atomic mass is 16.5. The molecule has 2 fully saturated rings. The SMILES string of the molecule is COCCCOc1cc(C(=O)N(CC2CNCC2CN(C(=O)CC(C)(C)C)C2CC2)C(C)C)ccc1OC. The zero-order chi connectivity index (χ0) is 27.9. The fourth-order valence-corrected chi connectivity index (χ4v) is 5.12. The summed E-state index contributed by atoms with van der Waals surface area (Å²) in [6, 6.07) is 5.82. The van der Waals surface area contributed by atoms with E-state index in [1.54, 1.807) is 26.4 Å².